The minimum Gasteiger partial charge on any atom is -0.353 e. The maximum atomic E-state index is 12.7. The number of para-hydroxylation sites is 1. The summed E-state index contributed by atoms with van der Waals surface area (Å²) in [5, 5.41) is 3.75. The average Bonchev–Trinajstić information content (AvgIpc) is 2.46. The van der Waals surface area contributed by atoms with Crippen molar-refractivity contribution in [3.8, 4) is 0 Å². The molecule has 124 valence electrons. The molecule has 0 saturated heterocycles. The van der Waals surface area contributed by atoms with Gasteiger partial charge < -0.3 is 5.32 Å². The van der Waals surface area contributed by atoms with Gasteiger partial charge in [0.1, 0.15) is 0 Å². The Kier molecular flexibility index (Phi) is 5.46. The summed E-state index contributed by atoms with van der Waals surface area (Å²) in [6.07, 6.45) is 0. The van der Waals surface area contributed by atoms with Crippen LogP contribution in [0, 0.1) is 0 Å². The summed E-state index contributed by atoms with van der Waals surface area (Å²) in [5.74, 6) is -0.0530. The van der Waals surface area contributed by atoms with Crippen LogP contribution in [0.3, 0.4) is 0 Å². The monoisotopic (exact) mass is 333 g/mol. The summed E-state index contributed by atoms with van der Waals surface area (Å²) in [4.78, 5) is 29.5. The lowest BCUT2D eigenvalue weighted by atomic mass is 10.2. The highest BCUT2D eigenvalue weighted by molar-refractivity contribution is 8.00. The Hall–Kier alpha value is -1.82. The summed E-state index contributed by atoms with van der Waals surface area (Å²) in [6.45, 7) is 9.57. The SMILES string of the molecule is CC(C)NC(=O)C(C)Sc1nc2ccccc2c(=O)n1C(C)C. The van der Waals surface area contributed by atoms with Gasteiger partial charge in [-0.15, -0.1) is 0 Å². The molecule has 0 saturated carbocycles. The van der Waals surface area contributed by atoms with E-state index < -0.39 is 0 Å². The molecule has 2 aromatic rings. The summed E-state index contributed by atoms with van der Waals surface area (Å²) in [6, 6.07) is 7.36. The molecule has 1 heterocycles. The largest absolute Gasteiger partial charge is 0.353 e. The molecule has 0 spiro atoms. The van der Waals surface area contributed by atoms with Crippen molar-refractivity contribution >= 4 is 28.6 Å². The first-order valence-electron chi connectivity index (χ1n) is 7.79. The van der Waals surface area contributed by atoms with Crippen LogP contribution in [-0.4, -0.2) is 26.8 Å². The summed E-state index contributed by atoms with van der Waals surface area (Å²) < 4.78 is 1.66. The lowest BCUT2D eigenvalue weighted by Gasteiger charge is -2.19. The number of carbonyl (C=O) groups is 1. The van der Waals surface area contributed by atoms with Gasteiger partial charge in [0.25, 0.3) is 5.56 Å². The van der Waals surface area contributed by atoms with Crippen LogP contribution in [0.5, 0.6) is 0 Å². The standard InChI is InChI=1S/C17H23N3O2S/c1-10(2)18-15(21)12(5)23-17-19-14-9-7-6-8-13(14)16(22)20(17)11(3)4/h6-12H,1-5H3,(H,18,21). The van der Waals surface area contributed by atoms with Gasteiger partial charge in [-0.2, -0.15) is 0 Å². The highest BCUT2D eigenvalue weighted by atomic mass is 32.2. The zero-order valence-corrected chi connectivity index (χ0v) is 15.0. The van der Waals surface area contributed by atoms with Gasteiger partial charge in [-0.05, 0) is 46.8 Å². The van der Waals surface area contributed by atoms with Crippen molar-refractivity contribution in [3.63, 3.8) is 0 Å². The van der Waals surface area contributed by atoms with E-state index in [-0.39, 0.29) is 28.8 Å². The number of fused-ring (bicyclic) bond motifs is 1. The fourth-order valence-electron chi connectivity index (χ4n) is 2.28. The number of rotatable bonds is 5. The van der Waals surface area contributed by atoms with Gasteiger partial charge in [-0.1, -0.05) is 23.9 Å². The van der Waals surface area contributed by atoms with Gasteiger partial charge in [-0.25, -0.2) is 4.98 Å². The number of amides is 1. The van der Waals surface area contributed by atoms with Gasteiger partial charge >= 0.3 is 0 Å². The number of nitrogens with zero attached hydrogens (tertiary/aromatic N) is 2. The molecule has 1 aromatic carbocycles. The van der Waals surface area contributed by atoms with Gasteiger partial charge in [0.15, 0.2) is 5.16 Å². The Bertz CT molecular complexity index is 768. The van der Waals surface area contributed by atoms with Crippen LogP contribution in [-0.2, 0) is 4.79 Å². The molecule has 1 atom stereocenters. The van der Waals surface area contributed by atoms with Crippen molar-refractivity contribution in [1.29, 1.82) is 0 Å². The molecular formula is C17H23N3O2S. The molecule has 1 unspecified atom stereocenters. The fraction of sp³-hybridized carbons (Fsp3) is 0.471. The predicted octanol–water partition coefficient (Wildman–Crippen LogP) is 2.98. The molecule has 0 radical (unpaired) electrons. The quantitative estimate of drug-likeness (QED) is 0.675. The number of benzene rings is 1. The second-order valence-electron chi connectivity index (χ2n) is 6.10. The van der Waals surface area contributed by atoms with Crippen molar-refractivity contribution in [2.24, 2.45) is 0 Å². The molecule has 0 aliphatic rings. The maximum Gasteiger partial charge on any atom is 0.262 e. The second kappa shape index (κ2) is 7.17. The topological polar surface area (TPSA) is 64.0 Å². The molecule has 1 amide bonds. The van der Waals surface area contributed by atoms with Crippen LogP contribution in [0.25, 0.3) is 10.9 Å². The minimum atomic E-state index is -0.324. The molecule has 1 N–H and O–H groups in total. The molecule has 6 heteroatoms. The zero-order valence-electron chi connectivity index (χ0n) is 14.2. The van der Waals surface area contributed by atoms with Gasteiger partial charge in [0, 0.05) is 12.1 Å². The first-order valence-corrected chi connectivity index (χ1v) is 8.67. The number of hydrogen-bond donors (Lipinski definition) is 1. The van der Waals surface area contributed by atoms with E-state index in [4.69, 9.17) is 0 Å². The van der Waals surface area contributed by atoms with Gasteiger partial charge in [0.05, 0.1) is 16.2 Å². The third kappa shape index (κ3) is 3.93. The third-order valence-corrected chi connectivity index (χ3v) is 4.44. The van der Waals surface area contributed by atoms with E-state index in [2.05, 4.69) is 10.3 Å². The van der Waals surface area contributed by atoms with E-state index in [0.717, 1.165) is 0 Å². The first kappa shape index (κ1) is 17.5. The van der Waals surface area contributed by atoms with Crippen molar-refractivity contribution < 1.29 is 4.79 Å². The Labute approximate surface area is 140 Å². The Balaban J connectivity index is 2.45. The number of thioether (sulfide) groups is 1. The van der Waals surface area contributed by atoms with E-state index in [0.29, 0.717) is 16.1 Å². The van der Waals surface area contributed by atoms with E-state index in [1.54, 1.807) is 10.6 Å². The van der Waals surface area contributed by atoms with E-state index in [1.165, 1.54) is 11.8 Å². The minimum absolute atomic E-state index is 0.0255. The molecule has 0 aliphatic carbocycles. The Morgan fingerprint density at radius 1 is 1.17 bits per heavy atom. The lowest BCUT2D eigenvalue weighted by Crippen LogP contribution is -2.36. The maximum absolute atomic E-state index is 12.7. The average molecular weight is 333 g/mol. The molecule has 23 heavy (non-hydrogen) atoms. The van der Waals surface area contributed by atoms with Crippen molar-refractivity contribution in [1.82, 2.24) is 14.9 Å². The van der Waals surface area contributed by atoms with Gasteiger partial charge in [0.2, 0.25) is 5.91 Å². The molecule has 0 aliphatic heterocycles. The Morgan fingerprint density at radius 3 is 2.43 bits per heavy atom. The number of aromatic nitrogens is 2. The van der Waals surface area contributed by atoms with Crippen molar-refractivity contribution in [2.75, 3.05) is 0 Å². The van der Waals surface area contributed by atoms with E-state index in [9.17, 15) is 9.59 Å². The van der Waals surface area contributed by atoms with Crippen LogP contribution in [0.2, 0.25) is 0 Å². The Morgan fingerprint density at radius 2 is 1.83 bits per heavy atom. The molecule has 0 fully saturated rings. The molecular weight excluding hydrogens is 310 g/mol. The summed E-state index contributed by atoms with van der Waals surface area (Å²) in [7, 11) is 0. The highest BCUT2D eigenvalue weighted by Crippen LogP contribution is 2.24. The fourth-order valence-corrected chi connectivity index (χ4v) is 3.33. The number of nitrogens with one attached hydrogen (secondary N) is 1. The number of hydrogen-bond acceptors (Lipinski definition) is 4. The zero-order chi connectivity index (χ0) is 17.1. The van der Waals surface area contributed by atoms with Crippen LogP contribution < -0.4 is 10.9 Å². The smallest absolute Gasteiger partial charge is 0.262 e. The normalized spacial score (nSPS) is 12.8. The predicted molar refractivity (Wildman–Crippen MR) is 95.0 cm³/mol. The molecule has 0 bridgehead atoms. The van der Waals surface area contributed by atoms with E-state index in [1.807, 2.05) is 52.8 Å². The number of carbonyl (C=O) groups excluding carboxylic acids is 1. The second-order valence-corrected chi connectivity index (χ2v) is 7.41. The van der Waals surface area contributed by atoms with Crippen LogP contribution in [0.4, 0.5) is 0 Å². The van der Waals surface area contributed by atoms with Gasteiger partial charge in [-0.3, -0.25) is 14.2 Å². The van der Waals surface area contributed by atoms with Crippen LogP contribution >= 0.6 is 11.8 Å². The molecule has 2 rings (SSSR count). The summed E-state index contributed by atoms with van der Waals surface area (Å²) >= 11 is 1.32. The molecule has 1 aromatic heterocycles. The van der Waals surface area contributed by atoms with Crippen LogP contribution in [0.1, 0.15) is 40.7 Å². The lowest BCUT2D eigenvalue weighted by molar-refractivity contribution is -0.120. The summed E-state index contributed by atoms with van der Waals surface area (Å²) in [5.41, 5.74) is 0.595. The third-order valence-electron chi connectivity index (χ3n) is 3.37. The van der Waals surface area contributed by atoms with Crippen LogP contribution in [0.15, 0.2) is 34.2 Å². The van der Waals surface area contributed by atoms with E-state index >= 15 is 0 Å². The first-order chi connectivity index (χ1) is 10.8. The van der Waals surface area contributed by atoms with Crippen molar-refractivity contribution in [3.05, 3.63) is 34.6 Å². The van der Waals surface area contributed by atoms with Crippen molar-refractivity contribution in [2.45, 2.75) is 57.1 Å². The highest BCUT2D eigenvalue weighted by Gasteiger charge is 2.20. The molecule has 5 nitrogen and oxygen atoms in total.